The van der Waals surface area contributed by atoms with Gasteiger partial charge in [-0.15, -0.1) is 36.2 Å². The molecule has 0 saturated carbocycles. The lowest BCUT2D eigenvalue weighted by molar-refractivity contribution is -0.121. The lowest BCUT2D eigenvalue weighted by Crippen LogP contribution is -2.49. The fraction of sp³-hybridized carbons (Fsp3) is 0.375. The molecule has 1 aromatic carbocycles. The second-order valence-corrected chi connectivity index (χ2v) is 6.68. The Hall–Kier alpha value is -1.14. The van der Waals surface area contributed by atoms with Crippen LogP contribution in [0.1, 0.15) is 25.1 Å². The summed E-state index contributed by atoms with van der Waals surface area (Å²) < 4.78 is 0. The van der Waals surface area contributed by atoms with Crippen LogP contribution in [0.3, 0.4) is 0 Å². The maximum absolute atomic E-state index is 12.0. The van der Waals surface area contributed by atoms with Gasteiger partial charge in [0.1, 0.15) is 5.01 Å². The summed E-state index contributed by atoms with van der Waals surface area (Å²) in [6.07, 6.45) is 0.283. The third-order valence-corrected chi connectivity index (χ3v) is 4.09. The van der Waals surface area contributed by atoms with Crippen molar-refractivity contribution < 1.29 is 4.79 Å². The van der Waals surface area contributed by atoms with Crippen molar-refractivity contribution >= 4 is 42.1 Å². The van der Waals surface area contributed by atoms with Crippen LogP contribution >= 0.6 is 36.2 Å². The van der Waals surface area contributed by atoms with E-state index in [1.807, 2.05) is 31.4 Å². The van der Waals surface area contributed by atoms with Gasteiger partial charge in [-0.1, -0.05) is 23.8 Å². The Morgan fingerprint density at radius 2 is 2.04 bits per heavy atom. The average molecular weight is 376 g/mol. The van der Waals surface area contributed by atoms with E-state index in [1.54, 1.807) is 11.3 Å². The zero-order valence-corrected chi connectivity index (χ0v) is 15.9. The first-order valence-electron chi connectivity index (χ1n) is 6.92. The molecule has 0 bridgehead atoms. The number of nitrogens with zero attached hydrogens (tertiary/aromatic N) is 1. The third kappa shape index (κ3) is 6.47. The normalized spacial score (nSPS) is 10.4. The van der Waals surface area contributed by atoms with Crippen molar-refractivity contribution in [1.29, 1.82) is 0 Å². The number of carbonyl (C=O) groups is 1. The van der Waals surface area contributed by atoms with Crippen molar-refractivity contribution in [3.8, 4) is 10.6 Å². The van der Waals surface area contributed by atoms with E-state index in [9.17, 15) is 4.79 Å². The predicted molar refractivity (Wildman–Crippen MR) is 102 cm³/mol. The molecule has 0 aliphatic carbocycles. The van der Waals surface area contributed by atoms with Gasteiger partial charge in [0.15, 0.2) is 0 Å². The number of nitrogens with one attached hydrogen (secondary N) is 1. The molecule has 1 aromatic heterocycles. The summed E-state index contributed by atoms with van der Waals surface area (Å²) >= 11 is 1.56. The monoisotopic (exact) mass is 375 g/mol. The highest BCUT2D eigenvalue weighted by atomic mass is 35.5. The quantitative estimate of drug-likeness (QED) is 0.841. The summed E-state index contributed by atoms with van der Waals surface area (Å²) in [5.41, 5.74) is 8.32. The highest BCUT2D eigenvalue weighted by molar-refractivity contribution is 7.13. The van der Waals surface area contributed by atoms with Crippen molar-refractivity contribution in [1.82, 2.24) is 10.3 Å². The van der Waals surface area contributed by atoms with E-state index in [-0.39, 0.29) is 42.7 Å². The highest BCUT2D eigenvalue weighted by Crippen LogP contribution is 2.24. The number of rotatable bonds is 5. The molecule has 1 heterocycles. The molecule has 0 atom stereocenters. The van der Waals surface area contributed by atoms with Crippen LogP contribution in [0.4, 0.5) is 0 Å². The number of aromatic nitrogens is 1. The largest absolute Gasteiger partial charge is 0.350 e. The molecule has 0 spiro atoms. The van der Waals surface area contributed by atoms with Gasteiger partial charge in [-0.2, -0.15) is 0 Å². The summed E-state index contributed by atoms with van der Waals surface area (Å²) in [5, 5.41) is 5.79. The van der Waals surface area contributed by atoms with Crippen molar-refractivity contribution in [2.45, 2.75) is 32.7 Å². The van der Waals surface area contributed by atoms with Crippen LogP contribution in [0.15, 0.2) is 29.6 Å². The predicted octanol–water partition coefficient (Wildman–Crippen LogP) is 3.36. The third-order valence-electron chi connectivity index (χ3n) is 3.15. The summed E-state index contributed by atoms with van der Waals surface area (Å²) in [5.74, 6) is -0.0495. The first-order chi connectivity index (χ1) is 9.89. The Balaban J connectivity index is 0.00000242. The maximum Gasteiger partial charge on any atom is 0.226 e. The van der Waals surface area contributed by atoms with Crippen LogP contribution in [0, 0.1) is 6.92 Å². The topological polar surface area (TPSA) is 68.0 Å². The van der Waals surface area contributed by atoms with Crippen molar-refractivity contribution in [3.05, 3.63) is 40.9 Å². The summed E-state index contributed by atoms with van der Waals surface area (Å²) in [4.78, 5) is 16.5. The van der Waals surface area contributed by atoms with E-state index < -0.39 is 0 Å². The first kappa shape index (κ1) is 21.9. The van der Waals surface area contributed by atoms with Crippen LogP contribution in [-0.4, -0.2) is 23.0 Å². The van der Waals surface area contributed by atoms with Gasteiger partial charge in [0.05, 0.1) is 12.1 Å². The standard InChI is InChI=1S/C16H21N3OS.2ClH/c1-11-5-4-6-12(7-11)15-18-13(9-21-15)8-14(20)19-16(2,3)10-17;;/h4-7,9H,8,10,17H2,1-3H3,(H,19,20);2*1H. The lowest BCUT2D eigenvalue weighted by atomic mass is 10.1. The van der Waals surface area contributed by atoms with Gasteiger partial charge in [0.25, 0.3) is 0 Å². The fourth-order valence-corrected chi connectivity index (χ4v) is 2.75. The molecule has 0 aliphatic heterocycles. The molecule has 1 amide bonds. The molecule has 2 rings (SSSR count). The number of aryl methyl sites for hydroxylation is 1. The van der Waals surface area contributed by atoms with Crippen molar-refractivity contribution in [3.63, 3.8) is 0 Å². The number of carbonyl (C=O) groups excluding carboxylic acids is 1. The first-order valence-corrected chi connectivity index (χ1v) is 7.80. The number of hydrogen-bond acceptors (Lipinski definition) is 4. The van der Waals surface area contributed by atoms with Crippen LogP contribution in [0.2, 0.25) is 0 Å². The second-order valence-electron chi connectivity index (χ2n) is 5.83. The van der Waals surface area contributed by atoms with Gasteiger partial charge in [0, 0.05) is 23.0 Å². The van der Waals surface area contributed by atoms with Gasteiger partial charge in [-0.3, -0.25) is 4.79 Å². The van der Waals surface area contributed by atoms with Crippen LogP contribution in [0.5, 0.6) is 0 Å². The van der Waals surface area contributed by atoms with E-state index in [0.717, 1.165) is 16.3 Å². The number of hydrogen-bond donors (Lipinski definition) is 2. The molecule has 0 radical (unpaired) electrons. The minimum Gasteiger partial charge on any atom is -0.350 e. The maximum atomic E-state index is 12.0. The Bertz CT molecular complexity index is 644. The fourth-order valence-electron chi connectivity index (χ4n) is 1.94. The number of nitrogens with two attached hydrogens (primary N) is 1. The van der Waals surface area contributed by atoms with E-state index in [1.165, 1.54) is 5.56 Å². The van der Waals surface area contributed by atoms with Gasteiger partial charge in [0.2, 0.25) is 5.91 Å². The lowest BCUT2D eigenvalue weighted by Gasteiger charge is -2.23. The Morgan fingerprint density at radius 3 is 2.65 bits per heavy atom. The van der Waals surface area contributed by atoms with Gasteiger partial charge in [-0.25, -0.2) is 4.98 Å². The molecule has 3 N–H and O–H groups in total. The van der Waals surface area contributed by atoms with Crippen LogP contribution in [-0.2, 0) is 11.2 Å². The Labute approximate surface area is 153 Å². The molecule has 0 unspecified atom stereocenters. The molecule has 0 fully saturated rings. The smallest absolute Gasteiger partial charge is 0.226 e. The SMILES string of the molecule is Cc1cccc(-c2nc(CC(=O)NC(C)(C)CN)cs2)c1.Cl.Cl. The summed E-state index contributed by atoms with van der Waals surface area (Å²) in [6.45, 7) is 6.28. The van der Waals surface area contributed by atoms with E-state index in [0.29, 0.717) is 6.54 Å². The molecule has 0 aliphatic rings. The van der Waals surface area contributed by atoms with E-state index in [2.05, 4.69) is 29.4 Å². The summed E-state index contributed by atoms with van der Waals surface area (Å²) in [7, 11) is 0. The number of amides is 1. The van der Waals surface area contributed by atoms with E-state index in [4.69, 9.17) is 5.73 Å². The molecule has 23 heavy (non-hydrogen) atoms. The minimum atomic E-state index is -0.382. The highest BCUT2D eigenvalue weighted by Gasteiger charge is 2.19. The molecule has 7 heteroatoms. The zero-order chi connectivity index (χ0) is 15.5. The molecular formula is C16H23Cl2N3OS. The van der Waals surface area contributed by atoms with Crippen molar-refractivity contribution in [2.24, 2.45) is 5.73 Å². The van der Waals surface area contributed by atoms with Gasteiger partial charge < -0.3 is 11.1 Å². The Kier molecular flexibility index (Phi) is 8.77. The minimum absolute atomic E-state index is 0. The zero-order valence-electron chi connectivity index (χ0n) is 13.5. The molecular weight excluding hydrogens is 353 g/mol. The second kappa shape index (κ2) is 9.23. The molecule has 2 aromatic rings. The average Bonchev–Trinajstić information content (AvgIpc) is 2.86. The molecule has 128 valence electrons. The summed E-state index contributed by atoms with van der Waals surface area (Å²) in [6, 6.07) is 8.20. The number of thiazole rings is 1. The van der Waals surface area contributed by atoms with Crippen LogP contribution in [0.25, 0.3) is 10.6 Å². The molecule has 0 saturated heterocycles. The van der Waals surface area contributed by atoms with Crippen molar-refractivity contribution in [2.75, 3.05) is 6.54 Å². The van der Waals surface area contributed by atoms with Gasteiger partial charge in [-0.05, 0) is 26.8 Å². The van der Waals surface area contributed by atoms with Gasteiger partial charge >= 0.3 is 0 Å². The number of benzene rings is 1. The number of halogens is 2. The van der Waals surface area contributed by atoms with Crippen LogP contribution < -0.4 is 11.1 Å². The molecule has 4 nitrogen and oxygen atoms in total. The van der Waals surface area contributed by atoms with E-state index >= 15 is 0 Å². The Morgan fingerprint density at radius 1 is 1.35 bits per heavy atom.